The summed E-state index contributed by atoms with van der Waals surface area (Å²) in [5.74, 6) is -1.98. The maximum absolute atomic E-state index is 14.3. The van der Waals surface area contributed by atoms with Crippen molar-refractivity contribution in [2.45, 2.75) is 95.4 Å². The molecule has 1 unspecified atom stereocenters. The Labute approximate surface area is 305 Å². The summed E-state index contributed by atoms with van der Waals surface area (Å²) in [6.45, 7) is 7.15. The average Bonchev–Trinajstić information content (AvgIpc) is 3.72. The van der Waals surface area contributed by atoms with E-state index < -0.39 is 53.2 Å². The van der Waals surface area contributed by atoms with Crippen molar-refractivity contribution in [1.82, 2.24) is 20.4 Å². The third kappa shape index (κ3) is 7.95. The minimum absolute atomic E-state index is 0.0172. The summed E-state index contributed by atoms with van der Waals surface area (Å²) in [7, 11) is 0. The van der Waals surface area contributed by atoms with Crippen LogP contribution in [0.25, 0.3) is 11.1 Å². The fraction of sp³-hybridized carbons (Fsp3) is 0.525. The zero-order chi connectivity index (χ0) is 37.0. The molecule has 2 aromatic rings. The number of carbonyl (C=O) groups is 5. The number of rotatable bonds is 5. The van der Waals surface area contributed by atoms with Crippen molar-refractivity contribution in [3.05, 3.63) is 71.8 Å². The second-order valence-corrected chi connectivity index (χ2v) is 15.1. The number of piperazine rings is 1. The number of hydrogen-bond acceptors (Lipinski definition) is 8. The van der Waals surface area contributed by atoms with E-state index in [0.717, 1.165) is 41.5 Å². The highest BCUT2D eigenvalue weighted by molar-refractivity contribution is 5.96. The molecule has 12 nitrogen and oxygen atoms in total. The molecule has 2 aromatic carbocycles. The number of amides is 4. The van der Waals surface area contributed by atoms with Crippen LogP contribution in [0.3, 0.4) is 0 Å². The number of fused-ring (bicyclic) bond motifs is 5. The summed E-state index contributed by atoms with van der Waals surface area (Å²) in [5.41, 5.74) is 2.33. The molecule has 6 rings (SSSR count). The van der Waals surface area contributed by atoms with E-state index >= 15 is 0 Å². The Balaban J connectivity index is 1.24. The number of ether oxygens (including phenoxy) is 3. The normalized spacial score (nSPS) is 25.5. The maximum atomic E-state index is 14.3. The molecule has 0 bridgehead atoms. The minimum atomic E-state index is -1.27. The van der Waals surface area contributed by atoms with Crippen molar-refractivity contribution < 1.29 is 38.2 Å². The summed E-state index contributed by atoms with van der Waals surface area (Å²) in [6.07, 6.45) is 6.45. The number of nitrogens with one attached hydrogen (secondary N) is 2. The van der Waals surface area contributed by atoms with Crippen LogP contribution in [-0.2, 0) is 28.6 Å². The molecule has 0 radical (unpaired) electrons. The van der Waals surface area contributed by atoms with Gasteiger partial charge in [-0.15, -0.1) is 0 Å². The lowest BCUT2D eigenvalue weighted by molar-refractivity contribution is -0.151. The molecule has 2 heterocycles. The molecule has 4 atom stereocenters. The van der Waals surface area contributed by atoms with Crippen molar-refractivity contribution in [1.29, 1.82) is 0 Å². The van der Waals surface area contributed by atoms with Gasteiger partial charge in [0.2, 0.25) is 11.8 Å². The Kier molecular flexibility index (Phi) is 10.9. The first-order valence-corrected chi connectivity index (χ1v) is 18.5. The largest absolute Gasteiger partial charge is 0.464 e. The zero-order valence-electron chi connectivity index (χ0n) is 30.5. The lowest BCUT2D eigenvalue weighted by Gasteiger charge is -2.42. The van der Waals surface area contributed by atoms with Gasteiger partial charge in [0.1, 0.15) is 29.8 Å². The molecule has 2 aliphatic heterocycles. The zero-order valence-corrected chi connectivity index (χ0v) is 30.5. The van der Waals surface area contributed by atoms with Gasteiger partial charge in [-0.1, -0.05) is 73.5 Å². The second kappa shape index (κ2) is 15.4. The lowest BCUT2D eigenvalue weighted by atomic mass is 9.98. The van der Waals surface area contributed by atoms with Crippen LogP contribution in [0.4, 0.5) is 9.59 Å². The van der Waals surface area contributed by atoms with E-state index in [9.17, 15) is 24.0 Å². The van der Waals surface area contributed by atoms with Gasteiger partial charge in [-0.25, -0.2) is 14.4 Å². The summed E-state index contributed by atoms with van der Waals surface area (Å²) in [6, 6.07) is 14.0. The summed E-state index contributed by atoms with van der Waals surface area (Å²) < 4.78 is 16.8. The highest BCUT2D eigenvalue weighted by atomic mass is 16.6. The van der Waals surface area contributed by atoms with Crippen LogP contribution in [0.2, 0.25) is 0 Å². The van der Waals surface area contributed by atoms with Gasteiger partial charge in [0, 0.05) is 24.9 Å². The van der Waals surface area contributed by atoms with Crippen molar-refractivity contribution in [2.24, 2.45) is 5.92 Å². The van der Waals surface area contributed by atoms with Gasteiger partial charge in [0.05, 0.1) is 13.2 Å². The Morgan fingerprint density at radius 2 is 1.63 bits per heavy atom. The predicted molar refractivity (Wildman–Crippen MR) is 193 cm³/mol. The number of alkyl carbamates (subject to hydrolysis) is 1. The third-order valence-corrected chi connectivity index (χ3v) is 10.3. The van der Waals surface area contributed by atoms with Crippen LogP contribution < -0.4 is 10.6 Å². The molecular formula is C40H50N4O8. The fourth-order valence-corrected chi connectivity index (χ4v) is 7.59. The molecule has 12 heteroatoms. The van der Waals surface area contributed by atoms with Crippen LogP contribution in [0, 0.1) is 5.92 Å². The molecule has 4 amide bonds. The van der Waals surface area contributed by atoms with E-state index in [-0.39, 0.29) is 44.7 Å². The van der Waals surface area contributed by atoms with Gasteiger partial charge in [-0.3, -0.25) is 9.59 Å². The van der Waals surface area contributed by atoms with Crippen LogP contribution in [-0.4, -0.2) is 95.8 Å². The molecule has 1 saturated carbocycles. The second-order valence-electron chi connectivity index (χ2n) is 15.1. The molecule has 1 saturated heterocycles. The molecule has 0 aromatic heterocycles. The summed E-state index contributed by atoms with van der Waals surface area (Å²) >= 11 is 0. The molecule has 2 N–H and O–H groups in total. The fourth-order valence-electron chi connectivity index (χ4n) is 7.59. The number of hydrogen-bond donors (Lipinski definition) is 2. The van der Waals surface area contributed by atoms with Gasteiger partial charge in [0.15, 0.2) is 0 Å². The van der Waals surface area contributed by atoms with Crippen molar-refractivity contribution >= 4 is 30.0 Å². The van der Waals surface area contributed by atoms with Gasteiger partial charge in [-0.2, -0.15) is 0 Å². The summed E-state index contributed by atoms with van der Waals surface area (Å²) in [4.78, 5) is 71.4. The molecule has 4 aliphatic rings. The predicted octanol–water partition coefficient (Wildman–Crippen LogP) is 5.30. The van der Waals surface area contributed by atoms with Gasteiger partial charge >= 0.3 is 18.2 Å². The highest BCUT2D eigenvalue weighted by Crippen LogP contribution is 2.46. The first-order valence-electron chi connectivity index (χ1n) is 18.5. The first-order chi connectivity index (χ1) is 24.9. The number of carbonyl (C=O) groups excluding carboxylic acids is 5. The van der Waals surface area contributed by atoms with E-state index in [1.807, 2.05) is 48.6 Å². The molecule has 278 valence electrons. The molecule has 0 spiro atoms. The Hall–Kier alpha value is -4.87. The maximum Gasteiger partial charge on any atom is 0.409 e. The molecule has 52 heavy (non-hydrogen) atoms. The van der Waals surface area contributed by atoms with Gasteiger partial charge in [0.25, 0.3) is 0 Å². The van der Waals surface area contributed by atoms with Gasteiger partial charge in [-0.05, 0) is 75.6 Å². The Bertz CT molecular complexity index is 1670. The average molecular weight is 715 g/mol. The Morgan fingerprint density at radius 3 is 2.31 bits per heavy atom. The van der Waals surface area contributed by atoms with E-state index in [0.29, 0.717) is 19.3 Å². The number of benzene rings is 2. The number of esters is 1. The van der Waals surface area contributed by atoms with Crippen molar-refractivity contribution in [3.63, 3.8) is 0 Å². The first kappa shape index (κ1) is 36.9. The highest BCUT2D eigenvalue weighted by Gasteiger charge is 2.62. The minimum Gasteiger partial charge on any atom is -0.464 e. The number of allylic oxidation sites excluding steroid dienone is 1. The summed E-state index contributed by atoms with van der Waals surface area (Å²) in [5, 5.41) is 5.69. The standard InChI is InChI=1S/C40H50N4O8/c1-5-50-36(47)40-23-26(40)15-9-7-6-8-10-20-32(41-37(48)52-39(2,3)4)35(46)44-22-21-43(24-33(44)34(45)42-40)38(49)51-25-31-29-18-13-11-16-27(29)28-17-12-14-19-30(28)31/h9,11-19,26,31-33H,5-8,10,20-25H2,1-4H3,(H,41,48)(H,42,45)/b15-9-/t26-,32+,33?,40-/m1/s1. The van der Waals surface area contributed by atoms with E-state index in [1.54, 1.807) is 27.7 Å². The van der Waals surface area contributed by atoms with Gasteiger partial charge < -0.3 is 34.6 Å². The van der Waals surface area contributed by atoms with E-state index in [2.05, 4.69) is 22.8 Å². The van der Waals surface area contributed by atoms with Crippen LogP contribution in [0.5, 0.6) is 0 Å². The SMILES string of the molecule is CCOC(=O)[C@@]12C[C@H]1/C=C\CCCCC[C@H](NC(=O)OC(C)(C)C)C(=O)N1CCN(C(=O)OCC3c4ccccc4-c4ccccc43)CC1C(=O)N2. The quantitative estimate of drug-likeness (QED) is 0.241. The molecule has 2 fully saturated rings. The third-order valence-electron chi connectivity index (χ3n) is 10.3. The Morgan fingerprint density at radius 1 is 0.942 bits per heavy atom. The topological polar surface area (TPSA) is 144 Å². The molecular weight excluding hydrogens is 664 g/mol. The monoisotopic (exact) mass is 714 g/mol. The van der Waals surface area contributed by atoms with Crippen LogP contribution in [0.1, 0.15) is 83.3 Å². The van der Waals surface area contributed by atoms with E-state index in [1.165, 1.54) is 9.80 Å². The van der Waals surface area contributed by atoms with E-state index in [4.69, 9.17) is 14.2 Å². The van der Waals surface area contributed by atoms with Crippen LogP contribution >= 0.6 is 0 Å². The van der Waals surface area contributed by atoms with Crippen molar-refractivity contribution in [2.75, 3.05) is 32.8 Å². The smallest absolute Gasteiger partial charge is 0.409 e. The molecule has 2 aliphatic carbocycles. The van der Waals surface area contributed by atoms with Crippen molar-refractivity contribution in [3.8, 4) is 11.1 Å². The van der Waals surface area contributed by atoms with Crippen LogP contribution in [0.15, 0.2) is 60.7 Å². The lowest BCUT2D eigenvalue weighted by Crippen LogP contribution is -2.65. The number of nitrogens with zero attached hydrogens (tertiary/aromatic N) is 2.